The number of ether oxygens (including phenoxy) is 1. The zero-order valence-electron chi connectivity index (χ0n) is 21.0. The van der Waals surface area contributed by atoms with Crippen molar-refractivity contribution in [1.82, 2.24) is 4.90 Å². The number of nitriles is 1. The van der Waals surface area contributed by atoms with E-state index in [9.17, 15) is 10.1 Å². The molecule has 1 aliphatic carbocycles. The van der Waals surface area contributed by atoms with Crippen LogP contribution in [-0.4, -0.2) is 22.3 Å². The van der Waals surface area contributed by atoms with E-state index in [0.29, 0.717) is 18.1 Å². The van der Waals surface area contributed by atoms with E-state index in [4.69, 9.17) is 4.74 Å². The van der Waals surface area contributed by atoms with Crippen LogP contribution < -0.4 is 10.1 Å². The number of benzene rings is 3. The zero-order valence-corrected chi connectivity index (χ0v) is 21.8. The van der Waals surface area contributed by atoms with Crippen LogP contribution >= 0.6 is 11.8 Å². The van der Waals surface area contributed by atoms with Crippen molar-refractivity contribution in [3.8, 4) is 11.8 Å². The summed E-state index contributed by atoms with van der Waals surface area (Å²) < 4.78 is 5.91. The first-order valence-corrected chi connectivity index (χ1v) is 13.7. The molecule has 1 saturated carbocycles. The summed E-state index contributed by atoms with van der Waals surface area (Å²) in [6.45, 7) is 2.61. The molecule has 1 N–H and O–H groups in total. The van der Waals surface area contributed by atoms with E-state index in [0.717, 1.165) is 40.3 Å². The van der Waals surface area contributed by atoms with Crippen molar-refractivity contribution in [1.29, 1.82) is 5.26 Å². The molecule has 2 fully saturated rings. The molecule has 3 aromatic rings. The van der Waals surface area contributed by atoms with E-state index in [2.05, 4.69) is 23.2 Å². The minimum atomic E-state index is -0.130. The lowest BCUT2D eigenvalue weighted by Crippen LogP contribution is -2.48. The van der Waals surface area contributed by atoms with E-state index in [-0.39, 0.29) is 17.4 Å². The molecule has 6 heteroatoms. The van der Waals surface area contributed by atoms with Crippen LogP contribution in [-0.2, 0) is 11.4 Å². The summed E-state index contributed by atoms with van der Waals surface area (Å²) in [4.78, 5) is 16.5. The van der Waals surface area contributed by atoms with Gasteiger partial charge in [-0.1, -0.05) is 80.1 Å². The van der Waals surface area contributed by atoms with Crippen molar-refractivity contribution in [2.45, 2.75) is 50.8 Å². The lowest BCUT2D eigenvalue weighted by Gasteiger charge is -2.39. The Hall–Kier alpha value is -3.69. The number of nitrogens with zero attached hydrogens (tertiary/aromatic N) is 2. The Morgan fingerprint density at radius 3 is 2.51 bits per heavy atom. The fourth-order valence-electron chi connectivity index (χ4n) is 5.10. The minimum Gasteiger partial charge on any atom is -0.489 e. The van der Waals surface area contributed by atoms with Gasteiger partial charge in [0.1, 0.15) is 12.4 Å². The first-order chi connectivity index (χ1) is 18.1. The highest BCUT2D eigenvalue weighted by molar-refractivity contribution is 8.05. The molecule has 0 bridgehead atoms. The number of hydrogen-bond acceptors (Lipinski definition) is 5. The van der Waals surface area contributed by atoms with Crippen LogP contribution in [0.15, 0.2) is 83.8 Å². The average molecular weight is 510 g/mol. The molecule has 5 nitrogen and oxygen atoms in total. The number of anilines is 1. The van der Waals surface area contributed by atoms with Gasteiger partial charge in [-0.15, -0.1) is 0 Å². The number of rotatable bonds is 7. The number of carbonyl (C=O) groups is 1. The predicted molar refractivity (Wildman–Crippen MR) is 150 cm³/mol. The highest BCUT2D eigenvalue weighted by Crippen LogP contribution is 2.42. The van der Waals surface area contributed by atoms with Crippen LogP contribution in [0.3, 0.4) is 0 Å². The normalized spacial score (nSPS) is 22.6. The Kier molecular flexibility index (Phi) is 7.82. The highest BCUT2D eigenvalue weighted by Gasteiger charge is 2.42. The first-order valence-electron chi connectivity index (χ1n) is 12.9. The van der Waals surface area contributed by atoms with Crippen LogP contribution in [0.1, 0.15) is 49.3 Å². The molecule has 0 aromatic heterocycles. The van der Waals surface area contributed by atoms with Crippen molar-refractivity contribution in [2.24, 2.45) is 5.92 Å². The summed E-state index contributed by atoms with van der Waals surface area (Å²) in [5.74, 6) is 1.31. The molecule has 5 rings (SSSR count). The van der Waals surface area contributed by atoms with E-state index in [1.807, 2.05) is 78.9 Å². The number of hydrogen-bond donors (Lipinski definition) is 1. The van der Waals surface area contributed by atoms with Crippen LogP contribution in [0.4, 0.5) is 5.69 Å². The topological polar surface area (TPSA) is 65.4 Å². The minimum absolute atomic E-state index is 0.102. The number of thioether (sulfide) groups is 1. The maximum absolute atomic E-state index is 13.7. The van der Waals surface area contributed by atoms with Crippen molar-refractivity contribution < 1.29 is 9.53 Å². The third-order valence-electron chi connectivity index (χ3n) is 7.13. The van der Waals surface area contributed by atoms with Gasteiger partial charge in [-0.3, -0.25) is 4.79 Å². The molecule has 37 heavy (non-hydrogen) atoms. The van der Waals surface area contributed by atoms with E-state index in [1.165, 1.54) is 12.8 Å². The van der Waals surface area contributed by atoms with Gasteiger partial charge in [-0.25, -0.2) is 0 Å². The summed E-state index contributed by atoms with van der Waals surface area (Å²) >= 11 is 1.59. The summed E-state index contributed by atoms with van der Waals surface area (Å²) in [6, 6.07) is 27.8. The molecule has 3 aromatic carbocycles. The first kappa shape index (κ1) is 25.0. The second kappa shape index (κ2) is 11.6. The lowest BCUT2D eigenvalue weighted by atomic mass is 9.85. The second-order valence-corrected chi connectivity index (χ2v) is 10.8. The Labute approximate surface area is 223 Å². The Morgan fingerprint density at radius 1 is 1.03 bits per heavy atom. The molecular weight excluding hydrogens is 478 g/mol. The average Bonchev–Trinajstić information content (AvgIpc) is 3.23. The number of nitrogens with one attached hydrogen (secondary N) is 1. The molecule has 1 heterocycles. The largest absolute Gasteiger partial charge is 0.489 e. The molecule has 2 aliphatic rings. The maximum Gasteiger partial charge on any atom is 0.262 e. The second-order valence-electron chi connectivity index (χ2n) is 9.66. The molecule has 0 spiro atoms. The van der Waals surface area contributed by atoms with Crippen LogP contribution in [0.2, 0.25) is 0 Å². The summed E-state index contributed by atoms with van der Waals surface area (Å²) in [7, 11) is 0. The predicted octanol–water partition coefficient (Wildman–Crippen LogP) is 7.03. The fourth-order valence-corrected chi connectivity index (χ4v) is 6.31. The zero-order chi connectivity index (χ0) is 25.6. The smallest absolute Gasteiger partial charge is 0.262 e. The van der Waals surface area contributed by atoms with Gasteiger partial charge in [-0.05, 0) is 60.7 Å². The fraction of sp³-hybridized carbons (Fsp3) is 0.290. The Balaban J connectivity index is 1.32. The molecule has 188 valence electrons. The molecule has 3 atom stereocenters. The van der Waals surface area contributed by atoms with Gasteiger partial charge >= 0.3 is 0 Å². The van der Waals surface area contributed by atoms with Gasteiger partial charge in [-0.2, -0.15) is 5.26 Å². The Morgan fingerprint density at radius 2 is 1.76 bits per heavy atom. The van der Waals surface area contributed by atoms with Gasteiger partial charge in [0.15, 0.2) is 5.50 Å². The number of amides is 1. The van der Waals surface area contributed by atoms with Crippen LogP contribution in [0, 0.1) is 17.2 Å². The van der Waals surface area contributed by atoms with Crippen LogP contribution in [0.5, 0.6) is 5.75 Å². The van der Waals surface area contributed by atoms with E-state index >= 15 is 0 Å². The Bertz CT molecular complexity index is 1300. The van der Waals surface area contributed by atoms with E-state index < -0.39 is 0 Å². The maximum atomic E-state index is 13.7. The summed E-state index contributed by atoms with van der Waals surface area (Å²) in [6.07, 6.45) is 6.60. The van der Waals surface area contributed by atoms with Gasteiger partial charge in [0.25, 0.3) is 5.91 Å². The third kappa shape index (κ3) is 5.84. The quantitative estimate of drug-likeness (QED) is 0.347. The number of para-hydroxylation sites is 1. The van der Waals surface area contributed by atoms with Crippen molar-refractivity contribution >= 4 is 29.4 Å². The number of carbonyl (C=O) groups excluding carboxylic acids is 1. The van der Waals surface area contributed by atoms with Crippen molar-refractivity contribution in [3.05, 3.63) is 100 Å². The standard InChI is InChI=1S/C31H31N3O2S/c1-22-9-5-8-14-28(22)34-30(35)29(37-31(34)33-26-12-3-2-4-13-26)19-23-15-17-27(18-16-23)36-21-25-11-7-6-10-24(25)20-32/h2-4,6-7,10-13,15-19,22,28,31,33H,5,8-9,14,21H2,1H3/b29-19-/t22-,28-,31?/m1/s1. The molecular formula is C31H31N3O2S. The monoisotopic (exact) mass is 509 g/mol. The summed E-state index contributed by atoms with van der Waals surface area (Å²) in [5.41, 5.74) is 3.32. The molecule has 1 unspecified atom stereocenters. The molecule has 1 aliphatic heterocycles. The van der Waals surface area contributed by atoms with Gasteiger partial charge < -0.3 is 15.0 Å². The summed E-state index contributed by atoms with van der Waals surface area (Å²) in [5, 5.41) is 12.9. The highest BCUT2D eigenvalue weighted by atomic mass is 32.2. The van der Waals surface area contributed by atoms with Gasteiger partial charge in [0, 0.05) is 17.3 Å². The molecule has 0 radical (unpaired) electrons. The molecule has 1 amide bonds. The van der Waals surface area contributed by atoms with Crippen molar-refractivity contribution in [2.75, 3.05) is 5.32 Å². The lowest BCUT2D eigenvalue weighted by molar-refractivity contribution is -0.129. The molecule has 1 saturated heterocycles. The van der Waals surface area contributed by atoms with E-state index in [1.54, 1.807) is 17.8 Å². The van der Waals surface area contributed by atoms with Gasteiger partial charge in [0.2, 0.25) is 0 Å². The van der Waals surface area contributed by atoms with Crippen molar-refractivity contribution in [3.63, 3.8) is 0 Å². The van der Waals surface area contributed by atoms with Crippen LogP contribution in [0.25, 0.3) is 6.08 Å². The van der Waals surface area contributed by atoms with Gasteiger partial charge in [0.05, 0.1) is 16.5 Å². The SMILES string of the molecule is C[C@@H]1CCCC[C@H]1N1C(=O)/C(=C/c2ccc(OCc3ccccc3C#N)cc2)SC1Nc1ccccc1. The third-order valence-corrected chi connectivity index (χ3v) is 8.25.